The van der Waals surface area contributed by atoms with Crippen molar-refractivity contribution < 1.29 is 26.3 Å². The van der Waals surface area contributed by atoms with Crippen LogP contribution in [-0.4, -0.2) is 72.8 Å². The van der Waals surface area contributed by atoms with Crippen molar-refractivity contribution in [3.05, 3.63) is 11.8 Å². The fourth-order valence-corrected chi connectivity index (χ4v) is 4.94. The van der Waals surface area contributed by atoms with Crippen LogP contribution in [0.3, 0.4) is 0 Å². The molecule has 0 aromatic carbocycles. The average molecular weight is 382 g/mol. The maximum atomic E-state index is 12.8. The van der Waals surface area contributed by atoms with Gasteiger partial charge in [0.25, 0.3) is 10.0 Å². The molecule has 0 spiro atoms. The van der Waals surface area contributed by atoms with Gasteiger partial charge >= 0.3 is 6.18 Å². The van der Waals surface area contributed by atoms with E-state index in [2.05, 4.69) is 10.00 Å². The lowest BCUT2D eigenvalue weighted by Gasteiger charge is -2.39. The molecule has 2 aliphatic heterocycles. The van der Waals surface area contributed by atoms with Gasteiger partial charge in [-0.1, -0.05) is 0 Å². The van der Waals surface area contributed by atoms with Crippen LogP contribution < -0.4 is 0 Å². The molecule has 3 rings (SSSR count). The quantitative estimate of drug-likeness (QED) is 0.778. The molecule has 2 saturated heterocycles. The van der Waals surface area contributed by atoms with Crippen molar-refractivity contribution in [1.82, 2.24) is 19.0 Å². The Bertz CT molecular complexity index is 705. The van der Waals surface area contributed by atoms with Crippen LogP contribution >= 0.6 is 0 Å². The maximum Gasteiger partial charge on any atom is 0.435 e. The summed E-state index contributed by atoms with van der Waals surface area (Å²) in [5, 5.41) is 2.87. The molecule has 0 amide bonds. The normalized spacial score (nSPS) is 22.4. The first-order valence-electron chi connectivity index (χ1n) is 8.13. The van der Waals surface area contributed by atoms with E-state index in [1.54, 1.807) is 0 Å². The summed E-state index contributed by atoms with van der Waals surface area (Å²) in [5.41, 5.74) is -1.20. The minimum atomic E-state index is -4.67. The number of sulfonamides is 1. The lowest BCUT2D eigenvalue weighted by molar-refractivity contribution is -0.141. The summed E-state index contributed by atoms with van der Waals surface area (Å²) in [7, 11) is -2.78. The Morgan fingerprint density at radius 2 is 1.76 bits per heavy atom. The Balaban J connectivity index is 1.71. The number of morpholine rings is 1. The number of aryl methyl sites for hydroxylation is 1. The van der Waals surface area contributed by atoms with Crippen molar-refractivity contribution in [2.24, 2.45) is 7.05 Å². The van der Waals surface area contributed by atoms with Gasteiger partial charge in [-0.05, 0) is 12.8 Å². The summed E-state index contributed by atoms with van der Waals surface area (Å²) in [6.07, 6.45) is -3.36. The molecule has 2 aliphatic rings. The first-order chi connectivity index (χ1) is 11.7. The second-order valence-corrected chi connectivity index (χ2v) is 8.16. The van der Waals surface area contributed by atoms with Gasteiger partial charge in [0.15, 0.2) is 10.7 Å². The van der Waals surface area contributed by atoms with Crippen molar-refractivity contribution in [1.29, 1.82) is 0 Å². The summed E-state index contributed by atoms with van der Waals surface area (Å²) in [5.74, 6) is 0. The largest absolute Gasteiger partial charge is 0.435 e. The number of hydrogen-bond acceptors (Lipinski definition) is 5. The second kappa shape index (κ2) is 6.86. The molecule has 7 nitrogen and oxygen atoms in total. The van der Waals surface area contributed by atoms with Crippen molar-refractivity contribution >= 4 is 10.0 Å². The molecule has 0 radical (unpaired) electrons. The van der Waals surface area contributed by atoms with Gasteiger partial charge in [0.05, 0.1) is 13.2 Å². The zero-order chi connectivity index (χ0) is 18.2. The third-order valence-electron chi connectivity index (χ3n) is 4.72. The van der Waals surface area contributed by atoms with E-state index in [4.69, 9.17) is 4.74 Å². The van der Waals surface area contributed by atoms with Gasteiger partial charge in [-0.3, -0.25) is 9.58 Å². The van der Waals surface area contributed by atoms with E-state index in [1.807, 2.05) is 0 Å². The van der Waals surface area contributed by atoms with E-state index in [0.29, 0.717) is 32.1 Å². The van der Waals surface area contributed by atoms with Gasteiger partial charge in [0, 0.05) is 45.3 Å². The highest BCUT2D eigenvalue weighted by Gasteiger charge is 2.39. The highest BCUT2D eigenvalue weighted by molar-refractivity contribution is 7.89. The van der Waals surface area contributed by atoms with Crippen LogP contribution in [0.1, 0.15) is 18.5 Å². The summed E-state index contributed by atoms with van der Waals surface area (Å²) >= 11 is 0. The highest BCUT2D eigenvalue weighted by atomic mass is 32.2. The second-order valence-electron chi connectivity index (χ2n) is 6.27. The number of hydrogen-bond donors (Lipinski definition) is 0. The third-order valence-corrected chi connectivity index (χ3v) is 6.67. The van der Waals surface area contributed by atoms with E-state index >= 15 is 0 Å². The molecule has 0 saturated carbocycles. The lowest BCUT2D eigenvalue weighted by atomic mass is 10.0. The van der Waals surface area contributed by atoms with Crippen LogP contribution in [-0.2, 0) is 28.0 Å². The van der Waals surface area contributed by atoms with Gasteiger partial charge in [-0.15, -0.1) is 0 Å². The molecular weight excluding hydrogens is 361 g/mol. The van der Waals surface area contributed by atoms with Crippen molar-refractivity contribution in [2.75, 3.05) is 39.4 Å². The molecule has 142 valence electrons. The number of aromatic nitrogens is 2. The zero-order valence-corrected chi connectivity index (χ0v) is 14.7. The SMILES string of the molecule is Cn1nc(C(F)(F)F)cc1S(=O)(=O)N1CCC(N2CCOCC2)CC1. The molecule has 0 aliphatic carbocycles. The Morgan fingerprint density at radius 3 is 2.28 bits per heavy atom. The van der Waals surface area contributed by atoms with Gasteiger partial charge in [0.2, 0.25) is 0 Å². The molecule has 1 aromatic heterocycles. The molecule has 0 unspecified atom stereocenters. The number of alkyl halides is 3. The Labute approximate surface area is 144 Å². The standard InChI is InChI=1S/C14H21F3N4O3S/c1-19-13(10-12(18-19)14(15,16)17)25(22,23)21-4-2-11(3-5-21)20-6-8-24-9-7-20/h10-11H,2-9H2,1H3. The molecule has 0 bridgehead atoms. The molecule has 0 N–H and O–H groups in total. The topological polar surface area (TPSA) is 67.7 Å². The molecule has 2 fully saturated rings. The molecule has 11 heteroatoms. The zero-order valence-electron chi connectivity index (χ0n) is 13.9. The predicted molar refractivity (Wildman–Crippen MR) is 82.4 cm³/mol. The van der Waals surface area contributed by atoms with Crippen LogP contribution in [0, 0.1) is 0 Å². The number of halogens is 3. The third kappa shape index (κ3) is 3.83. The first kappa shape index (κ1) is 18.6. The highest BCUT2D eigenvalue weighted by Crippen LogP contribution is 2.31. The minimum Gasteiger partial charge on any atom is -0.379 e. The molecule has 3 heterocycles. The predicted octanol–water partition coefficient (Wildman–Crippen LogP) is 0.924. The van der Waals surface area contributed by atoms with Crippen molar-refractivity contribution in [3.63, 3.8) is 0 Å². The Kier molecular flexibility index (Phi) is 5.11. The van der Waals surface area contributed by atoms with Crippen molar-refractivity contribution in [3.8, 4) is 0 Å². The molecule has 25 heavy (non-hydrogen) atoms. The van der Waals surface area contributed by atoms with Crippen LogP contribution in [0.4, 0.5) is 13.2 Å². The summed E-state index contributed by atoms with van der Waals surface area (Å²) in [4.78, 5) is 2.29. The van der Waals surface area contributed by atoms with Gasteiger partial charge in [0.1, 0.15) is 0 Å². The number of ether oxygens (including phenoxy) is 1. The van der Waals surface area contributed by atoms with Crippen molar-refractivity contribution in [2.45, 2.75) is 30.1 Å². The first-order valence-corrected chi connectivity index (χ1v) is 9.57. The van der Waals surface area contributed by atoms with Crippen LogP contribution in [0.5, 0.6) is 0 Å². The van der Waals surface area contributed by atoms with E-state index in [0.717, 1.165) is 17.8 Å². The smallest absolute Gasteiger partial charge is 0.379 e. The van der Waals surface area contributed by atoms with Crippen LogP contribution in [0.15, 0.2) is 11.1 Å². The molecule has 0 atom stereocenters. The Hall–Kier alpha value is -1.17. The number of nitrogens with zero attached hydrogens (tertiary/aromatic N) is 4. The maximum absolute atomic E-state index is 12.8. The summed E-state index contributed by atoms with van der Waals surface area (Å²) in [6.45, 7) is 3.58. The average Bonchev–Trinajstić information content (AvgIpc) is 2.99. The van der Waals surface area contributed by atoms with Gasteiger partial charge in [-0.2, -0.15) is 22.6 Å². The molecule has 1 aromatic rings. The molecular formula is C14H21F3N4O3S. The number of rotatable bonds is 3. The van der Waals surface area contributed by atoms with Gasteiger partial charge in [-0.25, -0.2) is 8.42 Å². The van der Waals surface area contributed by atoms with E-state index < -0.39 is 26.9 Å². The van der Waals surface area contributed by atoms with Crippen LogP contribution in [0.25, 0.3) is 0 Å². The fourth-order valence-electron chi connectivity index (χ4n) is 3.35. The van der Waals surface area contributed by atoms with Crippen LogP contribution in [0.2, 0.25) is 0 Å². The lowest BCUT2D eigenvalue weighted by Crippen LogP contribution is -2.50. The van der Waals surface area contributed by atoms with E-state index in [-0.39, 0.29) is 19.1 Å². The van der Waals surface area contributed by atoms with E-state index in [9.17, 15) is 21.6 Å². The Morgan fingerprint density at radius 1 is 1.16 bits per heavy atom. The van der Waals surface area contributed by atoms with Gasteiger partial charge < -0.3 is 4.74 Å². The fraction of sp³-hybridized carbons (Fsp3) is 0.786. The summed E-state index contributed by atoms with van der Waals surface area (Å²) < 4.78 is 71.0. The monoisotopic (exact) mass is 382 g/mol. The number of piperidine rings is 1. The minimum absolute atomic E-state index is 0.285. The van der Waals surface area contributed by atoms with E-state index in [1.165, 1.54) is 11.4 Å². The summed E-state index contributed by atoms with van der Waals surface area (Å²) in [6, 6.07) is 0.885.